The number of nitro benzene ring substituents is 1. The van der Waals surface area contributed by atoms with Crippen molar-refractivity contribution in [2.24, 2.45) is 0 Å². The SMILES string of the molecule is CCOc1ccc(C(=O)OC(C)C(=O)Nc2cccc([N+](=O)[O-])c2)cc1. The zero-order valence-corrected chi connectivity index (χ0v) is 14.3. The number of carbonyl (C=O) groups is 2. The van der Waals surface area contributed by atoms with Crippen LogP contribution in [0.2, 0.25) is 0 Å². The highest BCUT2D eigenvalue weighted by molar-refractivity contribution is 5.97. The van der Waals surface area contributed by atoms with Crippen LogP contribution in [0.4, 0.5) is 11.4 Å². The molecule has 1 unspecified atom stereocenters. The average molecular weight is 358 g/mol. The van der Waals surface area contributed by atoms with Crippen molar-refractivity contribution in [3.05, 3.63) is 64.2 Å². The van der Waals surface area contributed by atoms with Crippen LogP contribution in [0.1, 0.15) is 24.2 Å². The van der Waals surface area contributed by atoms with Crippen molar-refractivity contribution in [3.8, 4) is 5.75 Å². The van der Waals surface area contributed by atoms with Gasteiger partial charge in [0, 0.05) is 17.8 Å². The van der Waals surface area contributed by atoms with Gasteiger partial charge in [-0.05, 0) is 44.2 Å². The summed E-state index contributed by atoms with van der Waals surface area (Å²) >= 11 is 0. The second-order valence-electron chi connectivity index (χ2n) is 5.30. The standard InChI is InChI=1S/C18H18N2O6/c1-3-25-16-9-7-13(8-10-16)18(22)26-12(2)17(21)19-14-5-4-6-15(11-14)20(23)24/h4-12H,3H2,1-2H3,(H,19,21). The predicted octanol–water partition coefficient (Wildman–Crippen LogP) is 3.18. The molecular formula is C18H18N2O6. The fraction of sp³-hybridized carbons (Fsp3) is 0.222. The molecule has 0 saturated carbocycles. The molecule has 0 aliphatic rings. The van der Waals surface area contributed by atoms with Crippen molar-refractivity contribution in [3.63, 3.8) is 0 Å². The van der Waals surface area contributed by atoms with Crippen molar-refractivity contribution in [1.29, 1.82) is 0 Å². The lowest BCUT2D eigenvalue weighted by Crippen LogP contribution is -2.30. The monoisotopic (exact) mass is 358 g/mol. The Balaban J connectivity index is 1.96. The summed E-state index contributed by atoms with van der Waals surface area (Å²) in [6.45, 7) is 3.78. The molecule has 0 aliphatic carbocycles. The normalized spacial score (nSPS) is 11.3. The molecule has 0 spiro atoms. The Kier molecular flexibility index (Phi) is 6.26. The second kappa shape index (κ2) is 8.61. The van der Waals surface area contributed by atoms with Gasteiger partial charge in [0.2, 0.25) is 0 Å². The van der Waals surface area contributed by atoms with Crippen LogP contribution in [0.5, 0.6) is 5.75 Å². The van der Waals surface area contributed by atoms with E-state index < -0.39 is 22.9 Å². The quantitative estimate of drug-likeness (QED) is 0.463. The number of nitrogens with zero attached hydrogens (tertiary/aromatic N) is 1. The Morgan fingerprint density at radius 1 is 1.19 bits per heavy atom. The number of nitrogens with one attached hydrogen (secondary N) is 1. The minimum Gasteiger partial charge on any atom is -0.494 e. The van der Waals surface area contributed by atoms with E-state index in [1.165, 1.54) is 31.2 Å². The smallest absolute Gasteiger partial charge is 0.338 e. The topological polar surface area (TPSA) is 108 Å². The average Bonchev–Trinajstić information content (AvgIpc) is 2.62. The zero-order valence-electron chi connectivity index (χ0n) is 14.3. The maximum atomic E-state index is 12.1. The number of amides is 1. The number of benzene rings is 2. The summed E-state index contributed by atoms with van der Waals surface area (Å²) in [6, 6.07) is 11.8. The van der Waals surface area contributed by atoms with E-state index in [1.54, 1.807) is 24.3 Å². The third-order valence-electron chi connectivity index (χ3n) is 3.38. The largest absolute Gasteiger partial charge is 0.494 e. The molecular weight excluding hydrogens is 340 g/mol. The molecule has 8 nitrogen and oxygen atoms in total. The van der Waals surface area contributed by atoms with Crippen LogP contribution in [0, 0.1) is 10.1 Å². The number of rotatable bonds is 7. The minimum atomic E-state index is -1.08. The summed E-state index contributed by atoms with van der Waals surface area (Å²) in [5, 5.41) is 13.2. The van der Waals surface area contributed by atoms with Gasteiger partial charge in [-0.2, -0.15) is 0 Å². The molecule has 2 aromatic rings. The molecule has 1 atom stereocenters. The molecule has 0 radical (unpaired) electrons. The molecule has 0 heterocycles. The molecule has 2 rings (SSSR count). The third kappa shape index (κ3) is 5.04. The number of esters is 1. The van der Waals surface area contributed by atoms with Gasteiger partial charge < -0.3 is 14.8 Å². The molecule has 0 aliphatic heterocycles. The fourth-order valence-electron chi connectivity index (χ4n) is 2.08. The van der Waals surface area contributed by atoms with Gasteiger partial charge in [0.15, 0.2) is 6.10 Å². The van der Waals surface area contributed by atoms with E-state index in [-0.39, 0.29) is 16.9 Å². The van der Waals surface area contributed by atoms with Crippen molar-refractivity contribution < 1.29 is 24.0 Å². The molecule has 8 heteroatoms. The number of hydrogen-bond donors (Lipinski definition) is 1. The summed E-state index contributed by atoms with van der Waals surface area (Å²) < 4.78 is 10.4. The lowest BCUT2D eigenvalue weighted by Gasteiger charge is -2.13. The minimum absolute atomic E-state index is 0.151. The Hall–Kier alpha value is -3.42. The Morgan fingerprint density at radius 2 is 1.88 bits per heavy atom. The zero-order chi connectivity index (χ0) is 19.1. The van der Waals surface area contributed by atoms with Crippen LogP contribution in [0.3, 0.4) is 0 Å². The van der Waals surface area contributed by atoms with Crippen LogP contribution in [0.15, 0.2) is 48.5 Å². The van der Waals surface area contributed by atoms with E-state index in [9.17, 15) is 19.7 Å². The maximum absolute atomic E-state index is 12.1. The van der Waals surface area contributed by atoms with Gasteiger partial charge in [-0.3, -0.25) is 14.9 Å². The molecule has 136 valence electrons. The number of non-ortho nitro benzene ring substituents is 1. The molecule has 1 N–H and O–H groups in total. The van der Waals surface area contributed by atoms with Crippen molar-refractivity contribution in [2.45, 2.75) is 20.0 Å². The Labute approximate surface area is 149 Å². The Morgan fingerprint density at radius 3 is 2.50 bits per heavy atom. The van der Waals surface area contributed by atoms with E-state index in [4.69, 9.17) is 9.47 Å². The number of carbonyl (C=O) groups excluding carboxylic acids is 2. The number of ether oxygens (including phenoxy) is 2. The van der Waals surface area contributed by atoms with E-state index in [1.807, 2.05) is 6.92 Å². The van der Waals surface area contributed by atoms with Crippen LogP contribution in [0.25, 0.3) is 0 Å². The highest BCUT2D eigenvalue weighted by Crippen LogP contribution is 2.18. The molecule has 0 fully saturated rings. The molecule has 0 saturated heterocycles. The van der Waals surface area contributed by atoms with Crippen LogP contribution in [-0.4, -0.2) is 29.5 Å². The molecule has 2 aromatic carbocycles. The summed E-state index contributed by atoms with van der Waals surface area (Å²) in [5.41, 5.74) is 0.374. The second-order valence-corrected chi connectivity index (χ2v) is 5.30. The van der Waals surface area contributed by atoms with Crippen molar-refractivity contribution in [2.75, 3.05) is 11.9 Å². The number of nitro groups is 1. The van der Waals surface area contributed by atoms with Crippen molar-refractivity contribution >= 4 is 23.3 Å². The van der Waals surface area contributed by atoms with Gasteiger partial charge in [-0.15, -0.1) is 0 Å². The number of anilines is 1. The first-order valence-corrected chi connectivity index (χ1v) is 7.90. The Bertz CT molecular complexity index is 804. The first-order valence-electron chi connectivity index (χ1n) is 7.90. The molecule has 26 heavy (non-hydrogen) atoms. The van der Waals surface area contributed by atoms with Gasteiger partial charge in [0.25, 0.3) is 11.6 Å². The lowest BCUT2D eigenvalue weighted by molar-refractivity contribution is -0.384. The van der Waals surface area contributed by atoms with E-state index in [2.05, 4.69) is 5.32 Å². The van der Waals surface area contributed by atoms with Crippen LogP contribution < -0.4 is 10.1 Å². The van der Waals surface area contributed by atoms with Gasteiger partial charge in [0.1, 0.15) is 5.75 Å². The maximum Gasteiger partial charge on any atom is 0.338 e. The van der Waals surface area contributed by atoms with E-state index in [0.717, 1.165) is 0 Å². The van der Waals surface area contributed by atoms with Gasteiger partial charge in [-0.25, -0.2) is 4.79 Å². The van der Waals surface area contributed by atoms with Crippen LogP contribution >= 0.6 is 0 Å². The molecule has 0 bridgehead atoms. The molecule has 1 amide bonds. The van der Waals surface area contributed by atoms with E-state index >= 15 is 0 Å². The van der Waals surface area contributed by atoms with Crippen LogP contribution in [-0.2, 0) is 9.53 Å². The highest BCUT2D eigenvalue weighted by Gasteiger charge is 2.19. The van der Waals surface area contributed by atoms with Gasteiger partial charge >= 0.3 is 5.97 Å². The predicted molar refractivity (Wildman–Crippen MR) is 94.2 cm³/mol. The van der Waals surface area contributed by atoms with Gasteiger partial charge in [0.05, 0.1) is 17.1 Å². The lowest BCUT2D eigenvalue weighted by atomic mass is 10.2. The summed E-state index contributed by atoms with van der Waals surface area (Å²) in [7, 11) is 0. The van der Waals surface area contributed by atoms with Gasteiger partial charge in [-0.1, -0.05) is 6.07 Å². The summed E-state index contributed by atoms with van der Waals surface area (Å²) in [5.74, 6) is -0.625. The van der Waals surface area contributed by atoms with E-state index in [0.29, 0.717) is 12.4 Å². The third-order valence-corrected chi connectivity index (χ3v) is 3.38. The van der Waals surface area contributed by atoms with Crippen molar-refractivity contribution in [1.82, 2.24) is 0 Å². The molecule has 0 aromatic heterocycles. The fourth-order valence-corrected chi connectivity index (χ4v) is 2.08. The first-order chi connectivity index (χ1) is 12.4. The highest BCUT2D eigenvalue weighted by atomic mass is 16.6. The first kappa shape index (κ1) is 18.9. The number of hydrogen-bond acceptors (Lipinski definition) is 6. The summed E-state index contributed by atoms with van der Waals surface area (Å²) in [6.07, 6.45) is -1.08. The summed E-state index contributed by atoms with van der Waals surface area (Å²) in [4.78, 5) is 34.4.